The maximum Gasteiger partial charge on any atom is 0.304 e. The fourth-order valence-corrected chi connectivity index (χ4v) is 2.14. The number of piperazine rings is 1. The Morgan fingerprint density at radius 1 is 1.53 bits per heavy atom. The van der Waals surface area contributed by atoms with Gasteiger partial charge in [0.05, 0.1) is 6.42 Å². The molecule has 0 radical (unpaired) electrons. The van der Waals surface area contributed by atoms with Crippen molar-refractivity contribution in [3.63, 3.8) is 0 Å². The van der Waals surface area contributed by atoms with E-state index in [1.807, 2.05) is 12.1 Å². The third-order valence-corrected chi connectivity index (χ3v) is 3.02. The van der Waals surface area contributed by atoms with Gasteiger partial charge in [0.25, 0.3) is 0 Å². The van der Waals surface area contributed by atoms with Gasteiger partial charge in [-0.3, -0.25) is 14.7 Å². The van der Waals surface area contributed by atoms with Crippen molar-refractivity contribution >= 4 is 5.97 Å². The molecule has 2 rings (SSSR count). The van der Waals surface area contributed by atoms with E-state index in [9.17, 15) is 4.79 Å². The van der Waals surface area contributed by atoms with Gasteiger partial charge in [0, 0.05) is 44.6 Å². The maximum absolute atomic E-state index is 10.8. The summed E-state index contributed by atoms with van der Waals surface area (Å²) in [5.74, 6) is -0.738. The Kier molecular flexibility index (Phi) is 4.06. The second kappa shape index (κ2) is 5.75. The van der Waals surface area contributed by atoms with E-state index in [0.717, 1.165) is 26.2 Å². The third-order valence-electron chi connectivity index (χ3n) is 3.02. The molecule has 1 saturated heterocycles. The van der Waals surface area contributed by atoms with E-state index in [1.165, 1.54) is 5.56 Å². The number of carbonyl (C=O) groups is 1. The largest absolute Gasteiger partial charge is 0.481 e. The van der Waals surface area contributed by atoms with Crippen LogP contribution in [0.2, 0.25) is 0 Å². The van der Waals surface area contributed by atoms with E-state index in [1.54, 1.807) is 12.4 Å². The predicted octanol–water partition coefficient (Wildman–Crippen LogP) is 0.330. The molecule has 2 N–H and O–H groups in total. The summed E-state index contributed by atoms with van der Waals surface area (Å²) in [7, 11) is 0. The normalized spacial score (nSPS) is 21.3. The van der Waals surface area contributed by atoms with Crippen LogP contribution in [0.25, 0.3) is 0 Å². The zero-order valence-electron chi connectivity index (χ0n) is 9.67. The highest BCUT2D eigenvalue weighted by molar-refractivity contribution is 5.67. The van der Waals surface area contributed by atoms with E-state index in [2.05, 4.69) is 15.2 Å². The maximum atomic E-state index is 10.8. The van der Waals surface area contributed by atoms with Gasteiger partial charge in [-0.05, 0) is 17.7 Å². The second-order valence-electron chi connectivity index (χ2n) is 4.28. The van der Waals surface area contributed by atoms with E-state index < -0.39 is 5.97 Å². The molecule has 0 saturated carbocycles. The van der Waals surface area contributed by atoms with Crippen LogP contribution in [0.4, 0.5) is 0 Å². The third kappa shape index (κ3) is 3.51. The summed E-state index contributed by atoms with van der Waals surface area (Å²) >= 11 is 0. The number of nitrogens with zero attached hydrogens (tertiary/aromatic N) is 2. The zero-order valence-corrected chi connectivity index (χ0v) is 9.67. The van der Waals surface area contributed by atoms with Crippen LogP contribution in [0, 0.1) is 0 Å². The standard InChI is InChI=1S/C12H17N3O2/c16-12(17)7-11-8-14-5-6-15(11)9-10-1-3-13-4-2-10/h1-4,11,14H,5-9H2,(H,16,17). The first-order valence-corrected chi connectivity index (χ1v) is 5.81. The SMILES string of the molecule is O=C(O)CC1CNCCN1Cc1ccncc1. The smallest absolute Gasteiger partial charge is 0.304 e. The molecule has 17 heavy (non-hydrogen) atoms. The number of rotatable bonds is 4. The summed E-state index contributed by atoms with van der Waals surface area (Å²) in [4.78, 5) is 17.0. The lowest BCUT2D eigenvalue weighted by molar-refractivity contribution is -0.138. The Hall–Kier alpha value is -1.46. The molecule has 1 aromatic heterocycles. The average molecular weight is 235 g/mol. The Morgan fingerprint density at radius 3 is 3.00 bits per heavy atom. The number of aliphatic carboxylic acids is 1. The summed E-state index contributed by atoms with van der Waals surface area (Å²) in [6.45, 7) is 3.35. The second-order valence-corrected chi connectivity index (χ2v) is 4.28. The quantitative estimate of drug-likeness (QED) is 0.787. The number of hydrogen-bond acceptors (Lipinski definition) is 4. The van der Waals surface area contributed by atoms with Crippen LogP contribution in [0.1, 0.15) is 12.0 Å². The summed E-state index contributed by atoms with van der Waals surface area (Å²) in [5.41, 5.74) is 1.18. The van der Waals surface area contributed by atoms with Gasteiger partial charge in [-0.2, -0.15) is 0 Å². The molecule has 1 aromatic rings. The molecular formula is C12H17N3O2. The summed E-state index contributed by atoms with van der Waals surface area (Å²) < 4.78 is 0. The number of aromatic nitrogens is 1. The van der Waals surface area contributed by atoms with Gasteiger partial charge >= 0.3 is 5.97 Å². The van der Waals surface area contributed by atoms with Crippen molar-refractivity contribution in [2.75, 3.05) is 19.6 Å². The average Bonchev–Trinajstić information content (AvgIpc) is 2.32. The Balaban J connectivity index is 1.99. The topological polar surface area (TPSA) is 65.5 Å². The van der Waals surface area contributed by atoms with Gasteiger partial charge in [0.1, 0.15) is 0 Å². The minimum absolute atomic E-state index is 0.0782. The molecule has 1 atom stereocenters. The summed E-state index contributed by atoms with van der Waals surface area (Å²) in [6.07, 6.45) is 3.73. The molecule has 2 heterocycles. The fraction of sp³-hybridized carbons (Fsp3) is 0.500. The first kappa shape index (κ1) is 12.0. The molecular weight excluding hydrogens is 218 g/mol. The van der Waals surface area contributed by atoms with Crippen LogP contribution >= 0.6 is 0 Å². The number of carboxylic acid groups (broad SMARTS) is 1. The van der Waals surface area contributed by atoms with Gasteiger partial charge in [-0.15, -0.1) is 0 Å². The summed E-state index contributed by atoms with van der Waals surface area (Å²) in [5, 5.41) is 12.1. The molecule has 0 bridgehead atoms. The van der Waals surface area contributed by atoms with Crippen LogP contribution in [-0.4, -0.2) is 46.6 Å². The highest BCUT2D eigenvalue weighted by atomic mass is 16.4. The molecule has 0 spiro atoms. The van der Waals surface area contributed by atoms with Crippen molar-refractivity contribution < 1.29 is 9.90 Å². The van der Waals surface area contributed by atoms with Crippen LogP contribution in [0.3, 0.4) is 0 Å². The number of hydrogen-bond donors (Lipinski definition) is 2. The van der Waals surface area contributed by atoms with Crippen LogP contribution in [0.15, 0.2) is 24.5 Å². The molecule has 1 unspecified atom stereocenters. The van der Waals surface area contributed by atoms with Gasteiger partial charge in [-0.25, -0.2) is 0 Å². The van der Waals surface area contributed by atoms with Crippen LogP contribution in [-0.2, 0) is 11.3 Å². The van der Waals surface area contributed by atoms with E-state index in [-0.39, 0.29) is 12.5 Å². The summed E-state index contributed by atoms with van der Waals surface area (Å²) in [6, 6.07) is 4.02. The van der Waals surface area contributed by atoms with Gasteiger partial charge < -0.3 is 10.4 Å². The highest BCUT2D eigenvalue weighted by Gasteiger charge is 2.24. The Morgan fingerprint density at radius 2 is 2.29 bits per heavy atom. The lowest BCUT2D eigenvalue weighted by Crippen LogP contribution is -2.51. The molecule has 92 valence electrons. The monoisotopic (exact) mass is 235 g/mol. The molecule has 0 aromatic carbocycles. The van der Waals surface area contributed by atoms with Gasteiger partial charge in [0.2, 0.25) is 0 Å². The predicted molar refractivity (Wildman–Crippen MR) is 63.6 cm³/mol. The number of carboxylic acids is 1. The number of pyridine rings is 1. The first-order valence-electron chi connectivity index (χ1n) is 5.81. The van der Waals surface area contributed by atoms with Gasteiger partial charge in [0.15, 0.2) is 0 Å². The minimum Gasteiger partial charge on any atom is -0.481 e. The van der Waals surface area contributed by atoms with E-state index >= 15 is 0 Å². The van der Waals surface area contributed by atoms with Crippen molar-refractivity contribution in [1.82, 2.24) is 15.2 Å². The molecule has 1 aliphatic rings. The van der Waals surface area contributed by atoms with Crippen molar-refractivity contribution in [3.05, 3.63) is 30.1 Å². The fourth-order valence-electron chi connectivity index (χ4n) is 2.14. The van der Waals surface area contributed by atoms with Gasteiger partial charge in [-0.1, -0.05) is 0 Å². The lowest BCUT2D eigenvalue weighted by Gasteiger charge is -2.35. The Bertz CT molecular complexity index is 369. The first-order chi connectivity index (χ1) is 8.25. The molecule has 1 aliphatic heterocycles. The highest BCUT2D eigenvalue weighted by Crippen LogP contribution is 2.12. The zero-order chi connectivity index (χ0) is 12.1. The van der Waals surface area contributed by atoms with Crippen LogP contribution in [0.5, 0.6) is 0 Å². The van der Waals surface area contributed by atoms with Crippen molar-refractivity contribution in [2.45, 2.75) is 19.0 Å². The van der Waals surface area contributed by atoms with Crippen LogP contribution < -0.4 is 5.32 Å². The number of nitrogens with one attached hydrogen (secondary N) is 1. The Labute approximate surface area is 100 Å². The molecule has 5 heteroatoms. The van der Waals surface area contributed by atoms with E-state index in [4.69, 9.17) is 5.11 Å². The lowest BCUT2D eigenvalue weighted by atomic mass is 10.1. The van der Waals surface area contributed by atoms with Crippen molar-refractivity contribution in [3.8, 4) is 0 Å². The molecule has 5 nitrogen and oxygen atoms in total. The minimum atomic E-state index is -0.738. The van der Waals surface area contributed by atoms with E-state index in [0.29, 0.717) is 0 Å². The molecule has 0 amide bonds. The molecule has 1 fully saturated rings. The molecule has 0 aliphatic carbocycles. The van der Waals surface area contributed by atoms with Crippen molar-refractivity contribution in [2.24, 2.45) is 0 Å². The van der Waals surface area contributed by atoms with Crippen molar-refractivity contribution in [1.29, 1.82) is 0 Å².